The molecule has 1 N–H and O–H groups in total. The van der Waals surface area contributed by atoms with Crippen molar-refractivity contribution in [1.29, 1.82) is 0 Å². The maximum absolute atomic E-state index is 12.6. The van der Waals surface area contributed by atoms with Gasteiger partial charge in [0.25, 0.3) is 0 Å². The van der Waals surface area contributed by atoms with E-state index in [4.69, 9.17) is 4.74 Å². The molecular formula is C23H33BrO4. The number of carbonyl (C=O) groups excluding carboxylic acids is 2. The molecule has 5 heteroatoms. The molecule has 0 aromatic heterocycles. The van der Waals surface area contributed by atoms with Crippen LogP contribution in [0.3, 0.4) is 0 Å². The number of hydrogen-bond donors (Lipinski definition) is 1. The third-order valence-electron chi connectivity index (χ3n) is 9.13. The first-order valence-corrected chi connectivity index (χ1v) is 12.0. The van der Waals surface area contributed by atoms with Crippen molar-refractivity contribution in [1.82, 2.24) is 0 Å². The molecule has 0 heterocycles. The molecule has 4 aliphatic carbocycles. The minimum atomic E-state index is -1.18. The fraction of sp³-hybridized carbons (Fsp3) is 0.826. The molecule has 7 atom stereocenters. The standard InChI is InChI=1S/C23H33BrO4/c1-14(25)28-16-6-9-21(2)15(12-16)4-5-17-18(21)7-10-22(3)19(17)8-11-23(22,27)20(26)13-24/h4,16-19,27H,5-13H2,1-3H3/t16-,17+,18-,19-,21-,22-,23-/m0/s1. The number of fused-ring (bicyclic) bond motifs is 5. The number of hydrogen-bond acceptors (Lipinski definition) is 4. The van der Waals surface area contributed by atoms with Gasteiger partial charge in [0.15, 0.2) is 5.78 Å². The summed E-state index contributed by atoms with van der Waals surface area (Å²) >= 11 is 3.29. The zero-order valence-corrected chi connectivity index (χ0v) is 18.9. The van der Waals surface area contributed by atoms with Crippen molar-refractivity contribution < 1.29 is 19.4 Å². The van der Waals surface area contributed by atoms with Gasteiger partial charge in [-0.1, -0.05) is 41.4 Å². The van der Waals surface area contributed by atoms with Gasteiger partial charge in [-0.05, 0) is 68.1 Å². The van der Waals surface area contributed by atoms with Gasteiger partial charge in [0.2, 0.25) is 0 Å². The number of alkyl halides is 1. The average molecular weight is 453 g/mol. The van der Waals surface area contributed by atoms with Gasteiger partial charge in [0.1, 0.15) is 11.7 Å². The second-order valence-electron chi connectivity index (χ2n) is 10.1. The van der Waals surface area contributed by atoms with Crippen LogP contribution in [-0.2, 0) is 14.3 Å². The Balaban J connectivity index is 1.60. The number of esters is 1. The van der Waals surface area contributed by atoms with E-state index >= 15 is 0 Å². The highest BCUT2D eigenvalue weighted by Crippen LogP contribution is 2.67. The lowest BCUT2D eigenvalue weighted by Gasteiger charge is -2.58. The van der Waals surface area contributed by atoms with Crippen molar-refractivity contribution in [3.8, 4) is 0 Å². The normalized spacial score (nSPS) is 47.4. The Morgan fingerprint density at radius 1 is 1.18 bits per heavy atom. The van der Waals surface area contributed by atoms with Crippen molar-refractivity contribution in [2.45, 2.75) is 83.8 Å². The Kier molecular flexibility index (Phi) is 5.10. The summed E-state index contributed by atoms with van der Waals surface area (Å²) in [6, 6.07) is 0. The number of halogens is 1. The third-order valence-corrected chi connectivity index (χ3v) is 9.63. The van der Waals surface area contributed by atoms with Crippen molar-refractivity contribution >= 4 is 27.7 Å². The van der Waals surface area contributed by atoms with Crippen LogP contribution in [0.5, 0.6) is 0 Å². The molecule has 3 saturated carbocycles. The van der Waals surface area contributed by atoms with Gasteiger partial charge >= 0.3 is 5.97 Å². The molecule has 0 amide bonds. The minimum absolute atomic E-state index is 0.0235. The molecule has 0 aliphatic heterocycles. The van der Waals surface area contributed by atoms with E-state index in [1.54, 1.807) is 0 Å². The zero-order chi connectivity index (χ0) is 20.3. The molecule has 0 saturated heterocycles. The van der Waals surface area contributed by atoms with Crippen molar-refractivity contribution in [3.05, 3.63) is 11.6 Å². The van der Waals surface area contributed by atoms with Crippen LogP contribution < -0.4 is 0 Å². The van der Waals surface area contributed by atoms with E-state index in [-0.39, 0.29) is 34.0 Å². The second kappa shape index (κ2) is 6.94. The van der Waals surface area contributed by atoms with E-state index in [2.05, 4.69) is 35.9 Å². The zero-order valence-electron chi connectivity index (χ0n) is 17.3. The topological polar surface area (TPSA) is 63.6 Å². The van der Waals surface area contributed by atoms with Gasteiger partial charge in [-0.3, -0.25) is 9.59 Å². The van der Waals surface area contributed by atoms with Crippen LogP contribution in [0.15, 0.2) is 11.6 Å². The number of rotatable bonds is 3. The fourth-order valence-corrected chi connectivity index (χ4v) is 8.01. The Bertz CT molecular complexity index is 717. The first kappa shape index (κ1) is 20.6. The van der Waals surface area contributed by atoms with E-state index in [1.807, 2.05) is 0 Å². The third kappa shape index (κ3) is 2.79. The molecule has 156 valence electrons. The molecule has 4 rings (SSSR count). The summed E-state index contributed by atoms with van der Waals surface area (Å²) in [5, 5.41) is 11.6. The van der Waals surface area contributed by atoms with E-state index in [1.165, 1.54) is 12.5 Å². The van der Waals surface area contributed by atoms with Crippen LogP contribution >= 0.6 is 15.9 Å². The number of aliphatic hydroxyl groups is 1. The summed E-state index contributed by atoms with van der Waals surface area (Å²) in [7, 11) is 0. The quantitative estimate of drug-likeness (QED) is 0.386. The van der Waals surface area contributed by atoms with Crippen molar-refractivity contribution in [2.75, 3.05) is 5.33 Å². The molecule has 0 bridgehead atoms. The van der Waals surface area contributed by atoms with Gasteiger partial charge in [-0.25, -0.2) is 0 Å². The first-order valence-electron chi connectivity index (χ1n) is 10.8. The maximum atomic E-state index is 12.6. The van der Waals surface area contributed by atoms with Crippen LogP contribution in [0, 0.1) is 28.6 Å². The first-order chi connectivity index (χ1) is 13.2. The number of allylic oxidation sites excluding steroid dienone is 1. The molecular weight excluding hydrogens is 420 g/mol. The Morgan fingerprint density at radius 3 is 2.57 bits per heavy atom. The lowest BCUT2D eigenvalue weighted by molar-refractivity contribution is -0.159. The van der Waals surface area contributed by atoms with Crippen LogP contribution in [-0.4, -0.2) is 33.9 Å². The van der Waals surface area contributed by atoms with Crippen LogP contribution in [0.4, 0.5) is 0 Å². The van der Waals surface area contributed by atoms with Gasteiger partial charge in [-0.2, -0.15) is 0 Å². The lowest BCUT2D eigenvalue weighted by atomic mass is 9.47. The summed E-state index contributed by atoms with van der Waals surface area (Å²) in [4.78, 5) is 24.0. The summed E-state index contributed by atoms with van der Waals surface area (Å²) in [6.07, 6.45) is 9.87. The molecule has 28 heavy (non-hydrogen) atoms. The van der Waals surface area contributed by atoms with E-state index < -0.39 is 5.60 Å². The second-order valence-corrected chi connectivity index (χ2v) is 10.7. The molecule has 0 unspecified atom stereocenters. The Morgan fingerprint density at radius 2 is 1.89 bits per heavy atom. The van der Waals surface area contributed by atoms with E-state index in [0.717, 1.165) is 44.9 Å². The number of Topliss-reactive ketones (excluding diaryl/α,β-unsaturated/α-hetero) is 1. The maximum Gasteiger partial charge on any atom is 0.302 e. The SMILES string of the molecule is CC(=O)O[C@H]1CC[C@@]2(C)C(=CC[C@@H]3[C@@H]2CC[C@@]2(C)[C@H]3CC[C@]2(O)C(=O)CBr)C1. The van der Waals surface area contributed by atoms with Gasteiger partial charge < -0.3 is 9.84 Å². The van der Waals surface area contributed by atoms with Crippen molar-refractivity contribution in [3.63, 3.8) is 0 Å². The molecule has 0 radical (unpaired) electrons. The highest BCUT2D eigenvalue weighted by molar-refractivity contribution is 9.09. The fourth-order valence-electron chi connectivity index (χ4n) is 7.55. The highest BCUT2D eigenvalue weighted by atomic mass is 79.9. The molecule has 4 nitrogen and oxygen atoms in total. The monoisotopic (exact) mass is 452 g/mol. The smallest absolute Gasteiger partial charge is 0.302 e. The molecule has 0 spiro atoms. The average Bonchev–Trinajstić information content (AvgIpc) is 2.93. The summed E-state index contributed by atoms with van der Waals surface area (Å²) in [5.74, 6) is 1.31. The summed E-state index contributed by atoms with van der Waals surface area (Å²) in [6.45, 7) is 6.07. The lowest BCUT2D eigenvalue weighted by Crippen LogP contribution is -2.57. The van der Waals surface area contributed by atoms with Gasteiger partial charge in [-0.15, -0.1) is 0 Å². The number of carbonyl (C=O) groups is 2. The van der Waals surface area contributed by atoms with Gasteiger partial charge in [0.05, 0.1) is 5.33 Å². The Labute approximate surface area is 176 Å². The Hall–Kier alpha value is -0.680. The predicted octanol–water partition coefficient (Wildman–Crippen LogP) is 4.58. The van der Waals surface area contributed by atoms with Crippen molar-refractivity contribution in [2.24, 2.45) is 28.6 Å². The number of ketones is 1. The molecule has 4 aliphatic rings. The van der Waals surface area contributed by atoms with Crippen LogP contribution in [0.25, 0.3) is 0 Å². The van der Waals surface area contributed by atoms with Gasteiger partial charge in [0, 0.05) is 18.8 Å². The number of ether oxygens (including phenoxy) is 1. The summed E-state index contributed by atoms with van der Waals surface area (Å²) in [5.41, 5.74) is 0.153. The van der Waals surface area contributed by atoms with E-state index in [0.29, 0.717) is 24.2 Å². The summed E-state index contributed by atoms with van der Waals surface area (Å²) < 4.78 is 5.52. The molecule has 3 fully saturated rings. The minimum Gasteiger partial charge on any atom is -0.462 e. The molecule has 0 aromatic rings. The molecule has 0 aromatic carbocycles. The van der Waals surface area contributed by atoms with Crippen LogP contribution in [0.1, 0.15) is 72.1 Å². The van der Waals surface area contributed by atoms with Crippen LogP contribution in [0.2, 0.25) is 0 Å². The predicted molar refractivity (Wildman–Crippen MR) is 111 cm³/mol. The largest absolute Gasteiger partial charge is 0.462 e. The highest BCUT2D eigenvalue weighted by Gasteiger charge is 2.65. The van der Waals surface area contributed by atoms with E-state index in [9.17, 15) is 14.7 Å².